The third-order valence-corrected chi connectivity index (χ3v) is 4.43. The van der Waals surface area contributed by atoms with Crippen LogP contribution in [0.3, 0.4) is 0 Å². The van der Waals surface area contributed by atoms with Crippen molar-refractivity contribution in [3.63, 3.8) is 0 Å². The molecule has 1 aliphatic rings. The Bertz CT molecular complexity index is 681. The van der Waals surface area contributed by atoms with Crippen molar-refractivity contribution in [2.75, 3.05) is 13.7 Å². The van der Waals surface area contributed by atoms with E-state index in [9.17, 15) is 4.79 Å². The van der Waals surface area contributed by atoms with Gasteiger partial charge in [-0.1, -0.05) is 48.5 Å². The molecular formula is C19H21NO2. The highest BCUT2D eigenvalue weighted by Crippen LogP contribution is 2.30. The van der Waals surface area contributed by atoms with Gasteiger partial charge in [0.1, 0.15) is 6.04 Å². The lowest BCUT2D eigenvalue weighted by Gasteiger charge is -2.34. The van der Waals surface area contributed by atoms with Gasteiger partial charge in [0.15, 0.2) is 0 Å². The summed E-state index contributed by atoms with van der Waals surface area (Å²) >= 11 is 0. The van der Waals surface area contributed by atoms with Crippen LogP contribution in [-0.4, -0.2) is 24.5 Å². The normalized spacial score (nSPS) is 15.9. The Labute approximate surface area is 131 Å². The lowest BCUT2D eigenvalue weighted by molar-refractivity contribution is -0.147. The largest absolute Gasteiger partial charge is 0.468 e. The van der Waals surface area contributed by atoms with Crippen molar-refractivity contribution >= 4 is 5.97 Å². The van der Waals surface area contributed by atoms with Crippen LogP contribution in [0.15, 0.2) is 48.5 Å². The maximum atomic E-state index is 12.4. The summed E-state index contributed by atoms with van der Waals surface area (Å²) < 4.78 is 5.08. The molecule has 0 radical (unpaired) electrons. The molecule has 0 spiro atoms. The van der Waals surface area contributed by atoms with Crippen LogP contribution >= 0.6 is 0 Å². The summed E-state index contributed by atoms with van der Waals surface area (Å²) in [4.78, 5) is 14.6. The van der Waals surface area contributed by atoms with Crippen molar-refractivity contribution in [1.82, 2.24) is 4.90 Å². The molecule has 22 heavy (non-hydrogen) atoms. The molecule has 0 saturated heterocycles. The first-order valence-corrected chi connectivity index (χ1v) is 7.65. The third-order valence-electron chi connectivity index (χ3n) is 4.43. The number of carbonyl (C=O) groups excluding carboxylic acids is 1. The molecule has 1 atom stereocenters. The van der Waals surface area contributed by atoms with Crippen LogP contribution in [0.5, 0.6) is 0 Å². The number of methoxy groups -OCH3 is 1. The van der Waals surface area contributed by atoms with Crippen LogP contribution in [-0.2, 0) is 22.5 Å². The molecule has 0 fully saturated rings. The standard InChI is InChI=1S/C19H21NO2/c1-14-7-3-6-10-17(14)18(19(21)22-2)20-12-11-15-8-4-5-9-16(15)13-20/h3-10,18H,11-13H2,1-2H3. The zero-order valence-electron chi connectivity index (χ0n) is 13.1. The smallest absolute Gasteiger partial charge is 0.327 e. The molecule has 0 amide bonds. The molecule has 114 valence electrons. The first-order chi connectivity index (χ1) is 10.7. The van der Waals surface area contributed by atoms with E-state index in [1.807, 2.05) is 31.2 Å². The Morgan fingerprint density at radius 2 is 1.77 bits per heavy atom. The van der Waals surface area contributed by atoms with Gasteiger partial charge in [-0.05, 0) is 35.6 Å². The Morgan fingerprint density at radius 1 is 1.09 bits per heavy atom. The van der Waals surface area contributed by atoms with Crippen molar-refractivity contribution in [2.45, 2.75) is 25.9 Å². The Hall–Kier alpha value is -2.13. The molecule has 2 aromatic carbocycles. The number of nitrogens with zero attached hydrogens (tertiary/aromatic N) is 1. The molecule has 3 rings (SSSR count). The predicted molar refractivity (Wildman–Crippen MR) is 86.5 cm³/mol. The van der Waals surface area contributed by atoms with E-state index in [-0.39, 0.29) is 12.0 Å². The van der Waals surface area contributed by atoms with Crippen molar-refractivity contribution in [3.05, 3.63) is 70.8 Å². The second-order valence-corrected chi connectivity index (χ2v) is 5.77. The highest BCUT2D eigenvalue weighted by Gasteiger charge is 2.31. The molecule has 1 unspecified atom stereocenters. The first-order valence-electron chi connectivity index (χ1n) is 7.65. The van der Waals surface area contributed by atoms with E-state index >= 15 is 0 Å². The van der Waals surface area contributed by atoms with Gasteiger partial charge in [-0.25, -0.2) is 4.79 Å². The van der Waals surface area contributed by atoms with Crippen LogP contribution in [0.4, 0.5) is 0 Å². The van der Waals surface area contributed by atoms with E-state index in [2.05, 4.69) is 29.2 Å². The van der Waals surface area contributed by atoms with Crippen LogP contribution in [0, 0.1) is 6.92 Å². The van der Waals surface area contributed by atoms with E-state index in [4.69, 9.17) is 4.74 Å². The Kier molecular flexibility index (Phi) is 4.25. The molecule has 1 heterocycles. The van der Waals surface area contributed by atoms with Crippen LogP contribution in [0.25, 0.3) is 0 Å². The minimum atomic E-state index is -0.334. The molecule has 0 aromatic heterocycles. The number of ether oxygens (including phenoxy) is 1. The van der Waals surface area contributed by atoms with Crippen molar-refractivity contribution in [2.24, 2.45) is 0 Å². The van der Waals surface area contributed by atoms with E-state index in [1.165, 1.54) is 18.2 Å². The van der Waals surface area contributed by atoms with E-state index in [0.29, 0.717) is 0 Å². The molecule has 3 nitrogen and oxygen atoms in total. The number of hydrogen-bond acceptors (Lipinski definition) is 3. The van der Waals surface area contributed by atoms with Crippen LogP contribution < -0.4 is 0 Å². The zero-order chi connectivity index (χ0) is 15.5. The molecule has 1 aliphatic heterocycles. The van der Waals surface area contributed by atoms with Gasteiger partial charge >= 0.3 is 5.97 Å². The number of fused-ring (bicyclic) bond motifs is 1. The van der Waals surface area contributed by atoms with Gasteiger partial charge in [-0.15, -0.1) is 0 Å². The van der Waals surface area contributed by atoms with Crippen molar-refractivity contribution < 1.29 is 9.53 Å². The number of aryl methyl sites for hydroxylation is 1. The number of esters is 1. The lowest BCUT2D eigenvalue weighted by atomic mass is 9.94. The van der Waals surface area contributed by atoms with Gasteiger partial charge in [-0.3, -0.25) is 4.90 Å². The minimum absolute atomic E-state index is 0.186. The van der Waals surface area contributed by atoms with Gasteiger partial charge in [0.05, 0.1) is 7.11 Å². The monoisotopic (exact) mass is 295 g/mol. The van der Waals surface area contributed by atoms with Gasteiger partial charge in [-0.2, -0.15) is 0 Å². The van der Waals surface area contributed by atoms with Crippen LogP contribution in [0.2, 0.25) is 0 Å². The van der Waals surface area contributed by atoms with Gasteiger partial charge < -0.3 is 4.74 Å². The molecule has 0 N–H and O–H groups in total. The first kappa shape index (κ1) is 14.8. The summed E-state index contributed by atoms with van der Waals surface area (Å²) in [5, 5.41) is 0. The quantitative estimate of drug-likeness (QED) is 0.814. The second kappa shape index (κ2) is 6.32. The Morgan fingerprint density at radius 3 is 2.50 bits per heavy atom. The zero-order valence-corrected chi connectivity index (χ0v) is 13.1. The maximum Gasteiger partial charge on any atom is 0.327 e. The highest BCUT2D eigenvalue weighted by molar-refractivity contribution is 5.78. The highest BCUT2D eigenvalue weighted by atomic mass is 16.5. The second-order valence-electron chi connectivity index (χ2n) is 5.77. The van der Waals surface area contributed by atoms with E-state index < -0.39 is 0 Å². The summed E-state index contributed by atoms with van der Waals surface area (Å²) in [5.74, 6) is -0.186. The fourth-order valence-electron chi connectivity index (χ4n) is 3.22. The number of carbonyl (C=O) groups is 1. The van der Waals surface area contributed by atoms with Gasteiger partial charge in [0, 0.05) is 13.1 Å². The molecule has 0 saturated carbocycles. The fourth-order valence-corrected chi connectivity index (χ4v) is 3.22. The number of hydrogen-bond donors (Lipinski definition) is 0. The molecule has 0 aliphatic carbocycles. The number of benzene rings is 2. The molecule has 2 aromatic rings. The molecule has 0 bridgehead atoms. The third kappa shape index (κ3) is 2.77. The van der Waals surface area contributed by atoms with E-state index in [1.54, 1.807) is 0 Å². The van der Waals surface area contributed by atoms with Gasteiger partial charge in [0.2, 0.25) is 0 Å². The van der Waals surface area contributed by atoms with Crippen molar-refractivity contribution in [1.29, 1.82) is 0 Å². The summed E-state index contributed by atoms with van der Waals surface area (Å²) in [6.45, 7) is 3.69. The van der Waals surface area contributed by atoms with Crippen molar-refractivity contribution in [3.8, 4) is 0 Å². The van der Waals surface area contributed by atoms with E-state index in [0.717, 1.165) is 30.6 Å². The minimum Gasteiger partial charge on any atom is -0.468 e. The summed E-state index contributed by atoms with van der Waals surface area (Å²) in [5.41, 5.74) is 4.84. The average molecular weight is 295 g/mol. The topological polar surface area (TPSA) is 29.5 Å². The van der Waals surface area contributed by atoms with Crippen LogP contribution in [0.1, 0.15) is 28.3 Å². The molecule has 3 heteroatoms. The number of rotatable bonds is 3. The fraction of sp³-hybridized carbons (Fsp3) is 0.316. The maximum absolute atomic E-state index is 12.4. The summed E-state index contributed by atoms with van der Waals surface area (Å²) in [6, 6.07) is 16.2. The predicted octanol–water partition coefficient (Wildman–Crippen LogP) is 3.27. The lowest BCUT2D eigenvalue weighted by Crippen LogP contribution is -2.38. The van der Waals surface area contributed by atoms with Gasteiger partial charge in [0.25, 0.3) is 0 Å². The SMILES string of the molecule is COC(=O)C(c1ccccc1C)N1CCc2ccccc2C1. The summed E-state index contributed by atoms with van der Waals surface area (Å²) in [7, 11) is 1.46. The molecular weight excluding hydrogens is 274 g/mol. The average Bonchev–Trinajstić information content (AvgIpc) is 2.56. The Balaban J connectivity index is 1.95. The summed E-state index contributed by atoms with van der Waals surface area (Å²) in [6.07, 6.45) is 0.968.